The number of fused-ring (bicyclic) bond motifs is 1. The molecule has 2 aliphatic rings. The van der Waals surface area contributed by atoms with E-state index in [1.165, 1.54) is 6.07 Å². The van der Waals surface area contributed by atoms with E-state index < -0.39 is 5.92 Å². The highest BCUT2D eigenvalue weighted by atomic mass is 19.3. The fourth-order valence-corrected chi connectivity index (χ4v) is 6.36. The number of nitrogens with zero attached hydrogens (tertiary/aromatic N) is 6. The average molecular weight is 647 g/mol. The second kappa shape index (κ2) is 13.9. The molecule has 1 amide bonds. The van der Waals surface area contributed by atoms with Gasteiger partial charge in [-0.1, -0.05) is 13.0 Å². The number of hydrogen-bond acceptors (Lipinski definition) is 8. The summed E-state index contributed by atoms with van der Waals surface area (Å²) in [7, 11) is 3.93. The first-order chi connectivity index (χ1) is 22.6. The van der Waals surface area contributed by atoms with Crippen molar-refractivity contribution in [3.63, 3.8) is 0 Å². The molecule has 0 aliphatic carbocycles. The third kappa shape index (κ3) is 7.89. The van der Waals surface area contributed by atoms with Crippen LogP contribution in [-0.2, 0) is 24.3 Å². The molecule has 0 bridgehead atoms. The number of carbonyl (C=O) groups excluding carboxylic acids is 1. The van der Waals surface area contributed by atoms with E-state index >= 15 is 0 Å². The SMILES string of the molecule is CCN1CCN(Cc2ccc(Nc3nc4ccc(Oc5ccnc(NC(=O)C6CCN(C)CC6)c5)cc4n3C)cc2C(C)(F)F)CC1. The smallest absolute Gasteiger partial charge is 0.270 e. The van der Waals surface area contributed by atoms with E-state index in [0.717, 1.165) is 76.6 Å². The van der Waals surface area contributed by atoms with Crippen molar-refractivity contribution in [2.45, 2.75) is 39.2 Å². The quantitative estimate of drug-likeness (QED) is 0.216. The number of likely N-dealkylation sites (tertiary alicyclic amines) is 1. The maximum Gasteiger partial charge on any atom is 0.270 e. The molecule has 2 aromatic carbocycles. The second-order valence-electron chi connectivity index (χ2n) is 12.8. The standard InChI is InChI=1S/C35H44F2N8O2/c1-5-44-16-18-45(19-17-44)23-25-6-7-26(20-29(25)35(2,36)37)39-34-40-30-9-8-27(21-31(30)43(34)4)47-28-10-13-38-32(22-28)41-33(46)24-11-14-42(3)15-12-24/h6-10,13,20-22,24H,5,11-12,14-19,23H2,1-4H3,(H,39,40)(H,38,41,46). The third-order valence-electron chi connectivity index (χ3n) is 9.31. The largest absolute Gasteiger partial charge is 0.457 e. The van der Waals surface area contributed by atoms with Crippen molar-refractivity contribution in [3.05, 3.63) is 65.9 Å². The number of halogens is 2. The minimum Gasteiger partial charge on any atom is -0.457 e. The molecule has 0 radical (unpaired) electrons. The summed E-state index contributed by atoms with van der Waals surface area (Å²) < 4.78 is 37.7. The summed E-state index contributed by atoms with van der Waals surface area (Å²) in [4.78, 5) is 28.6. The van der Waals surface area contributed by atoms with E-state index in [-0.39, 0.29) is 17.4 Å². The van der Waals surface area contributed by atoms with Crippen LogP contribution in [0.4, 0.5) is 26.2 Å². The van der Waals surface area contributed by atoms with Crippen molar-refractivity contribution >= 4 is 34.4 Å². The van der Waals surface area contributed by atoms with Crippen molar-refractivity contribution in [3.8, 4) is 11.5 Å². The molecule has 0 saturated carbocycles. The molecule has 2 aromatic heterocycles. The number of rotatable bonds is 10. The van der Waals surface area contributed by atoms with Crippen LogP contribution in [0.3, 0.4) is 0 Å². The second-order valence-corrected chi connectivity index (χ2v) is 12.8. The number of piperidine rings is 1. The summed E-state index contributed by atoms with van der Waals surface area (Å²) in [5.41, 5.74) is 2.74. The van der Waals surface area contributed by atoms with Gasteiger partial charge in [0.25, 0.3) is 5.92 Å². The van der Waals surface area contributed by atoms with Gasteiger partial charge in [0, 0.05) is 82.2 Å². The van der Waals surface area contributed by atoms with Gasteiger partial charge in [0.1, 0.15) is 17.3 Å². The summed E-state index contributed by atoms with van der Waals surface area (Å²) >= 11 is 0. The maximum absolute atomic E-state index is 14.8. The van der Waals surface area contributed by atoms with Crippen LogP contribution in [0.25, 0.3) is 11.0 Å². The molecule has 4 heterocycles. The van der Waals surface area contributed by atoms with Gasteiger partial charge in [-0.15, -0.1) is 0 Å². The lowest BCUT2D eigenvalue weighted by molar-refractivity contribution is -0.121. The fourth-order valence-electron chi connectivity index (χ4n) is 6.36. The Morgan fingerprint density at radius 3 is 2.40 bits per heavy atom. The van der Waals surface area contributed by atoms with E-state index in [1.807, 2.05) is 35.9 Å². The molecular weight excluding hydrogens is 602 g/mol. The van der Waals surface area contributed by atoms with E-state index in [1.54, 1.807) is 24.4 Å². The number of benzene rings is 2. The number of aromatic nitrogens is 3. The first-order valence-corrected chi connectivity index (χ1v) is 16.4. The van der Waals surface area contributed by atoms with Crippen molar-refractivity contribution in [1.82, 2.24) is 29.2 Å². The van der Waals surface area contributed by atoms with E-state index in [0.29, 0.717) is 41.1 Å². The van der Waals surface area contributed by atoms with Crippen LogP contribution in [-0.4, -0.2) is 88.0 Å². The normalized spacial score (nSPS) is 17.2. The van der Waals surface area contributed by atoms with Gasteiger partial charge in [0.05, 0.1) is 11.0 Å². The Kier molecular flexibility index (Phi) is 9.72. The number of carbonyl (C=O) groups is 1. The number of imidazole rings is 1. The lowest BCUT2D eigenvalue weighted by atomic mass is 9.96. The first kappa shape index (κ1) is 32.8. The number of piperazine rings is 1. The van der Waals surface area contributed by atoms with Crippen LogP contribution in [0.5, 0.6) is 11.5 Å². The highest BCUT2D eigenvalue weighted by molar-refractivity contribution is 5.92. The Balaban J connectivity index is 1.14. The number of aryl methyl sites for hydroxylation is 1. The van der Waals surface area contributed by atoms with Gasteiger partial charge in [0.15, 0.2) is 0 Å². The highest BCUT2D eigenvalue weighted by Crippen LogP contribution is 2.35. The van der Waals surface area contributed by atoms with Crippen molar-refractivity contribution in [2.24, 2.45) is 13.0 Å². The predicted octanol–water partition coefficient (Wildman–Crippen LogP) is 6.03. The zero-order chi connectivity index (χ0) is 33.1. The minimum atomic E-state index is -2.99. The number of alkyl halides is 2. The van der Waals surface area contributed by atoms with Crippen LogP contribution in [0.15, 0.2) is 54.7 Å². The van der Waals surface area contributed by atoms with Crippen molar-refractivity contribution in [1.29, 1.82) is 0 Å². The van der Waals surface area contributed by atoms with Gasteiger partial charge in [-0.2, -0.15) is 0 Å². The minimum absolute atomic E-state index is 0.0195. The molecule has 4 aromatic rings. The fraction of sp³-hybridized carbons (Fsp3) is 0.457. The molecular formula is C35H44F2N8O2. The molecule has 2 N–H and O–H groups in total. The Hall–Kier alpha value is -4.13. The summed E-state index contributed by atoms with van der Waals surface area (Å²) in [6.07, 6.45) is 3.26. The molecule has 0 spiro atoms. The number of anilines is 3. The van der Waals surface area contributed by atoms with Crippen LogP contribution in [0, 0.1) is 5.92 Å². The van der Waals surface area contributed by atoms with Crippen LogP contribution < -0.4 is 15.4 Å². The molecule has 0 atom stereocenters. The molecule has 0 unspecified atom stereocenters. The molecule has 2 aliphatic heterocycles. The zero-order valence-electron chi connectivity index (χ0n) is 27.6. The Morgan fingerprint density at radius 1 is 0.957 bits per heavy atom. The van der Waals surface area contributed by atoms with E-state index in [4.69, 9.17) is 9.72 Å². The summed E-state index contributed by atoms with van der Waals surface area (Å²) in [6.45, 7) is 10.1. The molecule has 2 saturated heterocycles. The number of nitrogens with one attached hydrogen (secondary N) is 2. The van der Waals surface area contributed by atoms with E-state index in [2.05, 4.69) is 44.3 Å². The number of hydrogen-bond donors (Lipinski definition) is 2. The molecule has 12 heteroatoms. The Bertz CT molecular complexity index is 1710. The molecule has 6 rings (SSSR count). The number of pyridine rings is 1. The highest BCUT2D eigenvalue weighted by Gasteiger charge is 2.29. The van der Waals surface area contributed by atoms with Gasteiger partial charge >= 0.3 is 0 Å². The van der Waals surface area contributed by atoms with Crippen LogP contribution in [0.1, 0.15) is 37.8 Å². The summed E-state index contributed by atoms with van der Waals surface area (Å²) in [5, 5.41) is 6.19. The number of amides is 1. The van der Waals surface area contributed by atoms with Crippen molar-refractivity contribution in [2.75, 3.05) is 63.5 Å². The van der Waals surface area contributed by atoms with Gasteiger partial charge < -0.3 is 29.7 Å². The molecule has 2 fully saturated rings. The van der Waals surface area contributed by atoms with Crippen molar-refractivity contribution < 1.29 is 18.3 Å². The van der Waals surface area contributed by atoms with Crippen LogP contribution >= 0.6 is 0 Å². The van der Waals surface area contributed by atoms with Gasteiger partial charge in [-0.25, -0.2) is 18.7 Å². The third-order valence-corrected chi connectivity index (χ3v) is 9.31. The Morgan fingerprint density at radius 2 is 1.68 bits per heavy atom. The number of ether oxygens (including phenoxy) is 1. The topological polar surface area (TPSA) is 90.8 Å². The lowest BCUT2D eigenvalue weighted by Gasteiger charge is -2.34. The zero-order valence-corrected chi connectivity index (χ0v) is 27.6. The molecule has 47 heavy (non-hydrogen) atoms. The predicted molar refractivity (Wildman–Crippen MR) is 181 cm³/mol. The number of likely N-dealkylation sites (N-methyl/N-ethyl adjacent to an activating group) is 1. The molecule has 10 nitrogen and oxygen atoms in total. The Labute approximate surface area is 274 Å². The van der Waals surface area contributed by atoms with E-state index in [9.17, 15) is 13.6 Å². The summed E-state index contributed by atoms with van der Waals surface area (Å²) in [6, 6.07) is 14.2. The van der Waals surface area contributed by atoms with Gasteiger partial charge in [-0.05, 0) is 75.4 Å². The lowest BCUT2D eigenvalue weighted by Crippen LogP contribution is -2.45. The first-order valence-electron chi connectivity index (χ1n) is 16.4. The van der Waals surface area contributed by atoms with Crippen LogP contribution in [0.2, 0.25) is 0 Å². The summed E-state index contributed by atoms with van der Waals surface area (Å²) in [5.74, 6) is -0.937. The van der Waals surface area contributed by atoms with Gasteiger partial charge in [0.2, 0.25) is 11.9 Å². The molecule has 250 valence electrons. The maximum atomic E-state index is 14.8. The average Bonchev–Trinajstić information content (AvgIpc) is 3.36. The monoisotopic (exact) mass is 646 g/mol. The van der Waals surface area contributed by atoms with Gasteiger partial charge in [-0.3, -0.25) is 9.69 Å².